The van der Waals surface area contributed by atoms with Crippen molar-refractivity contribution in [3.63, 3.8) is 0 Å². The average molecular weight is 500 g/mol. The van der Waals surface area contributed by atoms with Crippen LogP contribution in [0, 0.1) is 0 Å². The van der Waals surface area contributed by atoms with E-state index in [1.54, 1.807) is 53.5 Å². The van der Waals surface area contributed by atoms with Crippen LogP contribution in [0.25, 0.3) is 22.5 Å². The van der Waals surface area contributed by atoms with Gasteiger partial charge in [0.2, 0.25) is 10.0 Å². The molecule has 1 aromatic carbocycles. The van der Waals surface area contributed by atoms with E-state index < -0.39 is 15.9 Å². The summed E-state index contributed by atoms with van der Waals surface area (Å²) in [6.45, 7) is 4.35. The Morgan fingerprint density at radius 3 is 2.74 bits per heavy atom. The molecule has 1 aliphatic rings. The van der Waals surface area contributed by atoms with Gasteiger partial charge in [0.25, 0.3) is 5.91 Å². The van der Waals surface area contributed by atoms with E-state index >= 15 is 0 Å². The number of amides is 1. The van der Waals surface area contributed by atoms with Gasteiger partial charge in [-0.2, -0.15) is 5.10 Å². The first-order chi connectivity index (χ1) is 16.2. The standard InChI is InChI=1S/C23H22ClN5O4S/c1-14(2)29-22-17(13-25-29)16(12-20(26-22)21-5-3-9-33-21)23(30)27-19-11-15(6-7-18(19)24)28-8-4-10-34(28,31)32/h3,5-7,9,11-14H,4,8,10H2,1-2H3,(H,27,30). The monoisotopic (exact) mass is 499 g/mol. The Morgan fingerprint density at radius 1 is 1.24 bits per heavy atom. The number of carbonyl (C=O) groups is 1. The zero-order chi connectivity index (χ0) is 24.0. The fraction of sp³-hybridized carbons (Fsp3) is 0.261. The van der Waals surface area contributed by atoms with Crippen LogP contribution >= 0.6 is 11.6 Å². The van der Waals surface area contributed by atoms with Gasteiger partial charge in [0.1, 0.15) is 5.69 Å². The Labute approximate surface area is 201 Å². The molecule has 1 saturated heterocycles. The van der Waals surface area contributed by atoms with E-state index in [4.69, 9.17) is 16.0 Å². The lowest BCUT2D eigenvalue weighted by atomic mass is 10.1. The van der Waals surface area contributed by atoms with Gasteiger partial charge in [-0.3, -0.25) is 9.10 Å². The van der Waals surface area contributed by atoms with E-state index in [0.717, 1.165) is 0 Å². The summed E-state index contributed by atoms with van der Waals surface area (Å²) in [5.41, 5.74) is 2.16. The predicted molar refractivity (Wildman–Crippen MR) is 131 cm³/mol. The van der Waals surface area contributed by atoms with Gasteiger partial charge in [-0.05, 0) is 56.7 Å². The van der Waals surface area contributed by atoms with Crippen LogP contribution in [0.5, 0.6) is 0 Å². The predicted octanol–water partition coefficient (Wildman–Crippen LogP) is 4.72. The minimum Gasteiger partial charge on any atom is -0.463 e. The van der Waals surface area contributed by atoms with Gasteiger partial charge in [-0.25, -0.2) is 18.1 Å². The third kappa shape index (κ3) is 3.92. The first-order valence-corrected chi connectivity index (χ1v) is 12.8. The molecule has 1 N–H and O–H groups in total. The zero-order valence-electron chi connectivity index (χ0n) is 18.5. The number of nitrogens with one attached hydrogen (secondary N) is 1. The van der Waals surface area contributed by atoms with E-state index in [9.17, 15) is 13.2 Å². The maximum absolute atomic E-state index is 13.4. The molecule has 0 atom stereocenters. The quantitative estimate of drug-likeness (QED) is 0.425. The molecular weight excluding hydrogens is 478 g/mol. The Hall–Kier alpha value is -3.37. The molecule has 0 radical (unpaired) electrons. The fourth-order valence-electron chi connectivity index (χ4n) is 4.02. The molecule has 0 spiro atoms. The highest BCUT2D eigenvalue weighted by Gasteiger charge is 2.29. The maximum atomic E-state index is 13.4. The van der Waals surface area contributed by atoms with E-state index in [0.29, 0.717) is 57.4 Å². The first kappa shape index (κ1) is 22.4. The molecule has 176 valence electrons. The van der Waals surface area contributed by atoms with Crippen LogP contribution in [0.2, 0.25) is 5.02 Å². The van der Waals surface area contributed by atoms with Gasteiger partial charge >= 0.3 is 0 Å². The van der Waals surface area contributed by atoms with E-state index in [1.165, 1.54) is 4.31 Å². The van der Waals surface area contributed by atoms with Gasteiger partial charge in [0.05, 0.1) is 45.6 Å². The number of hydrogen-bond acceptors (Lipinski definition) is 6. The third-order valence-electron chi connectivity index (χ3n) is 5.66. The Kier molecular flexibility index (Phi) is 5.57. The number of furan rings is 1. The van der Waals surface area contributed by atoms with Crippen LogP contribution in [-0.4, -0.2) is 41.4 Å². The van der Waals surface area contributed by atoms with Gasteiger partial charge < -0.3 is 9.73 Å². The second kappa shape index (κ2) is 8.44. The number of fused-ring (bicyclic) bond motifs is 1. The van der Waals surface area contributed by atoms with Crippen molar-refractivity contribution in [2.75, 3.05) is 21.9 Å². The number of benzene rings is 1. The Bertz CT molecular complexity index is 1500. The molecule has 5 rings (SSSR count). The lowest BCUT2D eigenvalue weighted by Crippen LogP contribution is -2.25. The largest absolute Gasteiger partial charge is 0.463 e. The number of carbonyl (C=O) groups excluding carboxylic acids is 1. The topological polar surface area (TPSA) is 110 Å². The molecule has 1 fully saturated rings. The SMILES string of the molecule is CC(C)n1ncc2c(C(=O)Nc3cc(N4CCCS4(=O)=O)ccc3Cl)cc(-c3ccco3)nc21. The molecule has 4 heterocycles. The van der Waals surface area contributed by atoms with Crippen molar-refractivity contribution < 1.29 is 17.6 Å². The Morgan fingerprint density at radius 2 is 2.06 bits per heavy atom. The molecule has 34 heavy (non-hydrogen) atoms. The summed E-state index contributed by atoms with van der Waals surface area (Å²) in [5, 5.41) is 8.12. The highest BCUT2D eigenvalue weighted by atomic mass is 35.5. The number of nitrogens with zero attached hydrogens (tertiary/aromatic N) is 4. The van der Waals surface area contributed by atoms with Gasteiger partial charge in [-0.15, -0.1) is 0 Å². The fourth-order valence-corrected chi connectivity index (χ4v) is 5.74. The minimum absolute atomic E-state index is 0.0290. The lowest BCUT2D eigenvalue weighted by molar-refractivity contribution is 0.102. The first-order valence-electron chi connectivity index (χ1n) is 10.8. The zero-order valence-corrected chi connectivity index (χ0v) is 20.1. The molecule has 3 aromatic heterocycles. The summed E-state index contributed by atoms with van der Waals surface area (Å²) in [6, 6.07) is 9.97. The number of pyridine rings is 1. The number of anilines is 2. The van der Waals surface area contributed by atoms with Crippen LogP contribution in [0.3, 0.4) is 0 Å². The molecule has 9 nitrogen and oxygen atoms in total. The number of aromatic nitrogens is 3. The number of sulfonamides is 1. The minimum atomic E-state index is -3.37. The molecule has 11 heteroatoms. The lowest BCUT2D eigenvalue weighted by Gasteiger charge is -2.18. The molecule has 4 aromatic rings. The summed E-state index contributed by atoms with van der Waals surface area (Å²) in [5.74, 6) is 0.195. The summed E-state index contributed by atoms with van der Waals surface area (Å²) >= 11 is 6.36. The second-order valence-electron chi connectivity index (χ2n) is 8.31. The molecular formula is C23H22ClN5O4S. The molecule has 0 bridgehead atoms. The van der Waals surface area contributed by atoms with Crippen molar-refractivity contribution in [3.8, 4) is 11.5 Å². The Balaban J connectivity index is 1.56. The maximum Gasteiger partial charge on any atom is 0.256 e. The van der Waals surface area contributed by atoms with Gasteiger partial charge in [-0.1, -0.05) is 11.6 Å². The summed E-state index contributed by atoms with van der Waals surface area (Å²) < 4.78 is 33.3. The molecule has 1 aliphatic heterocycles. The van der Waals surface area contributed by atoms with Crippen LogP contribution in [0.15, 0.2) is 53.3 Å². The van der Waals surface area contributed by atoms with Crippen LogP contribution in [-0.2, 0) is 10.0 Å². The highest BCUT2D eigenvalue weighted by Crippen LogP contribution is 2.33. The summed E-state index contributed by atoms with van der Waals surface area (Å²) in [4.78, 5) is 18.1. The van der Waals surface area contributed by atoms with Crippen LogP contribution in [0.4, 0.5) is 11.4 Å². The van der Waals surface area contributed by atoms with Crippen molar-refractivity contribution in [1.82, 2.24) is 14.8 Å². The normalized spacial score (nSPS) is 15.4. The highest BCUT2D eigenvalue weighted by molar-refractivity contribution is 7.93. The van der Waals surface area contributed by atoms with Crippen molar-refractivity contribution in [3.05, 3.63) is 59.4 Å². The molecule has 0 aliphatic carbocycles. The van der Waals surface area contributed by atoms with Crippen molar-refractivity contribution in [1.29, 1.82) is 0 Å². The number of halogens is 1. The van der Waals surface area contributed by atoms with Crippen molar-refractivity contribution in [2.24, 2.45) is 0 Å². The molecule has 1 amide bonds. The summed E-state index contributed by atoms with van der Waals surface area (Å²) in [6.07, 6.45) is 3.70. The second-order valence-corrected chi connectivity index (χ2v) is 10.7. The summed E-state index contributed by atoms with van der Waals surface area (Å²) in [7, 11) is -3.37. The molecule has 0 unspecified atom stereocenters. The van der Waals surface area contributed by atoms with E-state index in [-0.39, 0.29) is 11.8 Å². The number of rotatable bonds is 5. The van der Waals surface area contributed by atoms with Crippen LogP contribution in [0.1, 0.15) is 36.7 Å². The van der Waals surface area contributed by atoms with E-state index in [2.05, 4.69) is 15.4 Å². The smallest absolute Gasteiger partial charge is 0.256 e. The van der Waals surface area contributed by atoms with Crippen LogP contribution < -0.4 is 9.62 Å². The average Bonchev–Trinajstić information content (AvgIpc) is 3.53. The van der Waals surface area contributed by atoms with Gasteiger partial charge in [0.15, 0.2) is 11.4 Å². The van der Waals surface area contributed by atoms with Crippen molar-refractivity contribution in [2.45, 2.75) is 26.3 Å². The van der Waals surface area contributed by atoms with Crippen molar-refractivity contribution >= 4 is 49.9 Å². The van der Waals surface area contributed by atoms with Gasteiger partial charge in [0, 0.05) is 12.6 Å². The molecule has 0 saturated carbocycles. The van der Waals surface area contributed by atoms with E-state index in [1.807, 2.05) is 13.8 Å². The third-order valence-corrected chi connectivity index (χ3v) is 7.86. The number of hydrogen-bond donors (Lipinski definition) is 1.